The lowest BCUT2D eigenvalue weighted by Crippen LogP contribution is -2.50. The third-order valence-corrected chi connectivity index (χ3v) is 3.14. The van der Waals surface area contributed by atoms with Crippen molar-refractivity contribution in [1.29, 1.82) is 0 Å². The molecule has 1 rings (SSSR count). The van der Waals surface area contributed by atoms with E-state index in [2.05, 4.69) is 19.2 Å². The van der Waals surface area contributed by atoms with Crippen molar-refractivity contribution in [2.45, 2.75) is 57.5 Å². The fraction of sp³-hybridized carbons (Fsp3) is 0.917. The van der Waals surface area contributed by atoms with Crippen LogP contribution in [0.25, 0.3) is 0 Å². The minimum absolute atomic E-state index is 0.00607. The SMILES string of the molecule is CCCC(N)CC(=O)NC1(C)CCOCC1. The van der Waals surface area contributed by atoms with E-state index in [0.29, 0.717) is 6.42 Å². The molecule has 3 N–H and O–H groups in total. The topological polar surface area (TPSA) is 64.4 Å². The Morgan fingerprint density at radius 3 is 2.69 bits per heavy atom. The molecule has 4 nitrogen and oxygen atoms in total. The molecule has 1 aliphatic rings. The summed E-state index contributed by atoms with van der Waals surface area (Å²) in [6, 6.07) is -0.00607. The van der Waals surface area contributed by atoms with E-state index >= 15 is 0 Å². The van der Waals surface area contributed by atoms with Crippen molar-refractivity contribution in [3.63, 3.8) is 0 Å². The number of nitrogens with two attached hydrogens (primary N) is 1. The average molecular weight is 228 g/mol. The van der Waals surface area contributed by atoms with Crippen LogP contribution in [-0.4, -0.2) is 30.7 Å². The maximum absolute atomic E-state index is 11.8. The molecule has 1 amide bonds. The van der Waals surface area contributed by atoms with Crippen LogP contribution in [-0.2, 0) is 9.53 Å². The van der Waals surface area contributed by atoms with Crippen LogP contribution >= 0.6 is 0 Å². The molecule has 0 aromatic carbocycles. The van der Waals surface area contributed by atoms with E-state index < -0.39 is 0 Å². The standard InChI is InChI=1S/C12H24N2O2/c1-3-4-10(13)9-11(15)14-12(2)5-7-16-8-6-12/h10H,3-9,13H2,1-2H3,(H,14,15). The van der Waals surface area contributed by atoms with Gasteiger partial charge in [-0.2, -0.15) is 0 Å². The van der Waals surface area contributed by atoms with Crippen molar-refractivity contribution >= 4 is 5.91 Å². The molecule has 0 aromatic rings. The fourth-order valence-electron chi connectivity index (χ4n) is 2.05. The monoisotopic (exact) mass is 228 g/mol. The highest BCUT2D eigenvalue weighted by Gasteiger charge is 2.29. The van der Waals surface area contributed by atoms with Gasteiger partial charge in [0.25, 0.3) is 0 Å². The second kappa shape index (κ2) is 6.21. The van der Waals surface area contributed by atoms with Gasteiger partial charge >= 0.3 is 0 Å². The van der Waals surface area contributed by atoms with Gasteiger partial charge in [0.1, 0.15) is 0 Å². The van der Waals surface area contributed by atoms with Crippen molar-refractivity contribution in [3.8, 4) is 0 Å². The summed E-state index contributed by atoms with van der Waals surface area (Å²) < 4.78 is 5.29. The van der Waals surface area contributed by atoms with Gasteiger partial charge in [-0.15, -0.1) is 0 Å². The van der Waals surface area contributed by atoms with Crippen molar-refractivity contribution in [1.82, 2.24) is 5.32 Å². The first-order valence-corrected chi connectivity index (χ1v) is 6.20. The summed E-state index contributed by atoms with van der Waals surface area (Å²) in [4.78, 5) is 11.8. The Kier molecular flexibility index (Phi) is 5.22. The third-order valence-electron chi connectivity index (χ3n) is 3.14. The number of hydrogen-bond acceptors (Lipinski definition) is 3. The first-order chi connectivity index (χ1) is 7.56. The summed E-state index contributed by atoms with van der Waals surface area (Å²) in [6.45, 7) is 5.63. The van der Waals surface area contributed by atoms with Gasteiger partial charge in [-0.25, -0.2) is 0 Å². The van der Waals surface area contributed by atoms with E-state index in [1.54, 1.807) is 0 Å². The Morgan fingerprint density at radius 1 is 1.50 bits per heavy atom. The number of ether oxygens (including phenoxy) is 1. The normalized spacial score (nSPS) is 21.4. The molecular weight excluding hydrogens is 204 g/mol. The second-order valence-corrected chi connectivity index (χ2v) is 4.97. The lowest BCUT2D eigenvalue weighted by Gasteiger charge is -2.34. The second-order valence-electron chi connectivity index (χ2n) is 4.97. The van der Waals surface area contributed by atoms with E-state index in [0.717, 1.165) is 38.9 Å². The van der Waals surface area contributed by atoms with Gasteiger partial charge in [0, 0.05) is 31.2 Å². The summed E-state index contributed by atoms with van der Waals surface area (Å²) in [5, 5.41) is 3.09. The molecule has 0 spiro atoms. The maximum atomic E-state index is 11.8. The van der Waals surface area contributed by atoms with Crippen LogP contribution < -0.4 is 11.1 Å². The first-order valence-electron chi connectivity index (χ1n) is 6.20. The van der Waals surface area contributed by atoms with Crippen LogP contribution in [0, 0.1) is 0 Å². The van der Waals surface area contributed by atoms with E-state index in [1.165, 1.54) is 0 Å². The van der Waals surface area contributed by atoms with Gasteiger partial charge in [-0.05, 0) is 26.2 Å². The molecule has 1 fully saturated rings. The number of amides is 1. The van der Waals surface area contributed by atoms with E-state index in [-0.39, 0.29) is 17.5 Å². The number of nitrogens with one attached hydrogen (secondary N) is 1. The van der Waals surface area contributed by atoms with Gasteiger partial charge in [0.15, 0.2) is 0 Å². The molecule has 1 unspecified atom stereocenters. The third kappa shape index (κ3) is 4.49. The molecule has 0 aromatic heterocycles. The summed E-state index contributed by atoms with van der Waals surface area (Å²) >= 11 is 0. The van der Waals surface area contributed by atoms with E-state index in [9.17, 15) is 4.79 Å². The van der Waals surface area contributed by atoms with Gasteiger partial charge < -0.3 is 15.8 Å². The van der Waals surface area contributed by atoms with E-state index in [1.807, 2.05) is 0 Å². The van der Waals surface area contributed by atoms with Crippen molar-refractivity contribution in [2.24, 2.45) is 5.73 Å². The Hall–Kier alpha value is -0.610. The molecule has 94 valence electrons. The predicted octanol–water partition coefficient (Wildman–Crippen LogP) is 1.19. The summed E-state index contributed by atoms with van der Waals surface area (Å²) in [5.74, 6) is 0.0744. The molecule has 0 aliphatic carbocycles. The van der Waals surface area contributed by atoms with Crippen LogP contribution in [0.3, 0.4) is 0 Å². The quantitative estimate of drug-likeness (QED) is 0.743. The molecule has 0 radical (unpaired) electrons. The summed E-state index contributed by atoms with van der Waals surface area (Å²) in [5.41, 5.74) is 5.75. The van der Waals surface area contributed by atoms with Crippen LogP contribution in [0.1, 0.15) is 46.0 Å². The molecule has 0 saturated carbocycles. The lowest BCUT2D eigenvalue weighted by molar-refractivity contribution is -0.124. The number of hydrogen-bond donors (Lipinski definition) is 2. The number of carbonyl (C=O) groups excluding carboxylic acids is 1. The van der Waals surface area contributed by atoms with Gasteiger partial charge in [0.05, 0.1) is 0 Å². The molecule has 1 aliphatic heterocycles. The van der Waals surface area contributed by atoms with Crippen LogP contribution in [0.2, 0.25) is 0 Å². The minimum atomic E-state index is -0.0960. The molecule has 4 heteroatoms. The van der Waals surface area contributed by atoms with Gasteiger partial charge in [-0.1, -0.05) is 13.3 Å². The maximum Gasteiger partial charge on any atom is 0.221 e. The van der Waals surface area contributed by atoms with Crippen molar-refractivity contribution < 1.29 is 9.53 Å². The highest BCUT2D eigenvalue weighted by atomic mass is 16.5. The number of rotatable bonds is 5. The zero-order chi connectivity index (χ0) is 12.0. The smallest absolute Gasteiger partial charge is 0.221 e. The Balaban J connectivity index is 2.32. The van der Waals surface area contributed by atoms with Crippen LogP contribution in [0.4, 0.5) is 0 Å². The summed E-state index contributed by atoms with van der Waals surface area (Å²) in [6.07, 6.45) is 4.15. The molecule has 1 saturated heterocycles. The molecule has 16 heavy (non-hydrogen) atoms. The van der Waals surface area contributed by atoms with Crippen molar-refractivity contribution in [3.05, 3.63) is 0 Å². The molecule has 1 atom stereocenters. The first kappa shape index (κ1) is 13.5. The molecular formula is C12H24N2O2. The van der Waals surface area contributed by atoms with Gasteiger partial charge in [0.2, 0.25) is 5.91 Å². The van der Waals surface area contributed by atoms with Crippen LogP contribution in [0.15, 0.2) is 0 Å². The fourth-order valence-corrected chi connectivity index (χ4v) is 2.05. The van der Waals surface area contributed by atoms with Crippen LogP contribution in [0.5, 0.6) is 0 Å². The average Bonchev–Trinajstić information content (AvgIpc) is 2.17. The van der Waals surface area contributed by atoms with E-state index in [4.69, 9.17) is 10.5 Å². The highest BCUT2D eigenvalue weighted by molar-refractivity contribution is 5.77. The Bertz CT molecular complexity index is 225. The predicted molar refractivity (Wildman–Crippen MR) is 64.1 cm³/mol. The Labute approximate surface area is 97.9 Å². The largest absolute Gasteiger partial charge is 0.381 e. The lowest BCUT2D eigenvalue weighted by atomic mass is 9.92. The minimum Gasteiger partial charge on any atom is -0.381 e. The zero-order valence-electron chi connectivity index (χ0n) is 10.4. The summed E-state index contributed by atoms with van der Waals surface area (Å²) in [7, 11) is 0. The number of carbonyl (C=O) groups is 1. The van der Waals surface area contributed by atoms with Gasteiger partial charge in [-0.3, -0.25) is 4.79 Å². The Morgan fingerprint density at radius 2 is 2.12 bits per heavy atom. The highest BCUT2D eigenvalue weighted by Crippen LogP contribution is 2.19. The molecule has 1 heterocycles. The molecule has 0 bridgehead atoms. The van der Waals surface area contributed by atoms with Crippen molar-refractivity contribution in [2.75, 3.05) is 13.2 Å². The zero-order valence-corrected chi connectivity index (χ0v) is 10.4.